The largest absolute Gasteiger partial charge is 0.337 e. The summed E-state index contributed by atoms with van der Waals surface area (Å²) in [5, 5.41) is 5.77. The summed E-state index contributed by atoms with van der Waals surface area (Å²) in [5.74, 6) is -2.52. The van der Waals surface area contributed by atoms with E-state index >= 15 is 0 Å². The number of rotatable bonds is 4. The Bertz CT molecular complexity index is 1000. The Labute approximate surface area is 148 Å². The van der Waals surface area contributed by atoms with Crippen LogP contribution in [0.15, 0.2) is 54.7 Å². The van der Waals surface area contributed by atoms with Crippen molar-refractivity contribution in [2.45, 2.75) is 13.5 Å². The summed E-state index contributed by atoms with van der Waals surface area (Å²) in [4.78, 5) is 42.0. The van der Waals surface area contributed by atoms with Crippen LogP contribution in [0.3, 0.4) is 0 Å². The van der Waals surface area contributed by atoms with E-state index in [1.165, 1.54) is 12.1 Å². The molecule has 0 spiro atoms. The van der Waals surface area contributed by atoms with Crippen LogP contribution in [0.2, 0.25) is 0 Å². The number of para-hydroxylation sites is 1. The molecule has 1 aliphatic heterocycles. The highest BCUT2D eigenvalue weighted by Crippen LogP contribution is 2.23. The van der Waals surface area contributed by atoms with Gasteiger partial charge in [0.25, 0.3) is 11.8 Å². The number of carbonyl (C=O) groups is 3. The second-order valence-corrected chi connectivity index (χ2v) is 6.15. The summed E-state index contributed by atoms with van der Waals surface area (Å²) < 4.78 is 1.70. The maximum Gasteiger partial charge on any atom is 0.337 e. The molecule has 0 fully saturated rings. The normalized spacial score (nSPS) is 14.6. The molecule has 1 unspecified atom stereocenters. The van der Waals surface area contributed by atoms with Crippen molar-refractivity contribution in [1.29, 1.82) is 0 Å². The van der Waals surface area contributed by atoms with Gasteiger partial charge in [-0.1, -0.05) is 42.3 Å². The Balaban J connectivity index is 1.48. The number of hydrogen-bond acceptors (Lipinski definition) is 5. The molecule has 130 valence electrons. The van der Waals surface area contributed by atoms with Gasteiger partial charge in [0, 0.05) is 5.39 Å². The van der Waals surface area contributed by atoms with Gasteiger partial charge in [-0.15, -0.1) is 0 Å². The molecule has 2 amide bonds. The van der Waals surface area contributed by atoms with Crippen LogP contribution in [-0.2, 0) is 16.2 Å². The van der Waals surface area contributed by atoms with Crippen molar-refractivity contribution in [3.8, 4) is 0 Å². The van der Waals surface area contributed by atoms with Gasteiger partial charge in [-0.25, -0.2) is 4.79 Å². The van der Waals surface area contributed by atoms with E-state index in [-0.39, 0.29) is 17.7 Å². The zero-order valence-corrected chi connectivity index (χ0v) is 14.0. The molecule has 1 atom stereocenters. The number of aromatic nitrogens is 2. The van der Waals surface area contributed by atoms with Crippen LogP contribution in [0, 0.1) is 5.92 Å². The molecule has 3 aromatic rings. The van der Waals surface area contributed by atoms with Gasteiger partial charge < -0.3 is 4.84 Å². The molecule has 1 aromatic heterocycles. The lowest BCUT2D eigenvalue weighted by molar-refractivity contribution is -0.173. The first-order chi connectivity index (χ1) is 12.6. The predicted octanol–water partition coefficient (Wildman–Crippen LogP) is 2.43. The van der Waals surface area contributed by atoms with E-state index in [1.54, 1.807) is 29.9 Å². The molecule has 26 heavy (non-hydrogen) atoms. The average Bonchev–Trinajstić information content (AvgIpc) is 3.17. The minimum absolute atomic E-state index is 0.232. The smallest absolute Gasteiger partial charge is 0.329 e. The van der Waals surface area contributed by atoms with E-state index < -0.39 is 23.7 Å². The van der Waals surface area contributed by atoms with E-state index in [9.17, 15) is 14.4 Å². The van der Waals surface area contributed by atoms with E-state index in [2.05, 4.69) is 5.10 Å². The predicted molar refractivity (Wildman–Crippen MR) is 91.9 cm³/mol. The van der Waals surface area contributed by atoms with Crippen molar-refractivity contribution in [1.82, 2.24) is 14.8 Å². The molecule has 2 heterocycles. The lowest BCUT2D eigenvalue weighted by Gasteiger charge is -2.16. The third-order valence-electron chi connectivity index (χ3n) is 4.34. The maximum atomic E-state index is 12.4. The van der Waals surface area contributed by atoms with E-state index in [0.717, 1.165) is 10.9 Å². The van der Waals surface area contributed by atoms with Crippen LogP contribution in [0.4, 0.5) is 0 Å². The van der Waals surface area contributed by atoms with Gasteiger partial charge in [0.1, 0.15) is 0 Å². The molecule has 7 nitrogen and oxygen atoms in total. The molecule has 2 aromatic carbocycles. The van der Waals surface area contributed by atoms with Gasteiger partial charge in [-0.3, -0.25) is 14.3 Å². The molecule has 0 saturated carbocycles. The SMILES string of the molecule is CC(Cn1ncc2ccccc21)C(=O)ON1C(=O)c2ccccc2C1=O. The van der Waals surface area contributed by atoms with Gasteiger partial charge in [-0.2, -0.15) is 5.10 Å². The molecule has 7 heteroatoms. The first-order valence-corrected chi connectivity index (χ1v) is 8.16. The van der Waals surface area contributed by atoms with Crippen molar-refractivity contribution < 1.29 is 19.2 Å². The first kappa shape index (κ1) is 16.0. The standard InChI is InChI=1S/C19H15N3O4/c1-12(11-21-16-9-5-2-6-13(16)10-20-21)19(25)26-22-17(23)14-7-3-4-8-15(14)18(22)24/h2-10,12H,11H2,1H3. The molecule has 1 aliphatic rings. The first-order valence-electron chi connectivity index (χ1n) is 8.16. The summed E-state index contributed by atoms with van der Waals surface area (Å²) in [6.45, 7) is 1.94. The number of hydrogen-bond donors (Lipinski definition) is 0. The Morgan fingerprint density at radius 3 is 2.35 bits per heavy atom. The van der Waals surface area contributed by atoms with Gasteiger partial charge >= 0.3 is 5.97 Å². The van der Waals surface area contributed by atoms with E-state index in [1.807, 2.05) is 24.3 Å². The second-order valence-electron chi connectivity index (χ2n) is 6.15. The molecule has 0 N–H and O–H groups in total. The van der Waals surface area contributed by atoms with Crippen molar-refractivity contribution in [2.75, 3.05) is 0 Å². The van der Waals surface area contributed by atoms with E-state index in [4.69, 9.17) is 4.84 Å². The fourth-order valence-corrected chi connectivity index (χ4v) is 2.94. The van der Waals surface area contributed by atoms with Gasteiger partial charge in [0.2, 0.25) is 0 Å². The molecular weight excluding hydrogens is 334 g/mol. The fraction of sp³-hybridized carbons (Fsp3) is 0.158. The summed E-state index contributed by atoms with van der Waals surface area (Å²) in [6, 6.07) is 14.0. The Hall–Kier alpha value is -3.48. The quantitative estimate of drug-likeness (QED) is 0.676. The second kappa shape index (κ2) is 6.11. The van der Waals surface area contributed by atoms with Crippen LogP contribution in [0.25, 0.3) is 10.9 Å². The molecule has 0 aliphatic carbocycles. The number of amides is 2. The molecule has 4 rings (SSSR count). The Morgan fingerprint density at radius 1 is 1.04 bits per heavy atom. The van der Waals surface area contributed by atoms with Crippen molar-refractivity contribution in [3.63, 3.8) is 0 Å². The zero-order valence-electron chi connectivity index (χ0n) is 14.0. The van der Waals surface area contributed by atoms with Crippen LogP contribution < -0.4 is 0 Å². The van der Waals surface area contributed by atoms with Crippen LogP contribution >= 0.6 is 0 Å². The van der Waals surface area contributed by atoms with Crippen LogP contribution in [0.5, 0.6) is 0 Å². The van der Waals surface area contributed by atoms with Crippen molar-refractivity contribution >= 4 is 28.7 Å². The van der Waals surface area contributed by atoms with Crippen LogP contribution in [-0.4, -0.2) is 32.6 Å². The number of imide groups is 1. The Kier molecular flexibility index (Phi) is 3.76. The fourth-order valence-electron chi connectivity index (χ4n) is 2.94. The number of carbonyl (C=O) groups excluding carboxylic acids is 3. The van der Waals surface area contributed by atoms with E-state index in [0.29, 0.717) is 5.06 Å². The summed E-state index contributed by atoms with van der Waals surface area (Å²) in [7, 11) is 0. The summed E-state index contributed by atoms with van der Waals surface area (Å²) in [6.07, 6.45) is 1.72. The lowest BCUT2D eigenvalue weighted by Crippen LogP contribution is -2.35. The molecule has 0 saturated heterocycles. The summed E-state index contributed by atoms with van der Waals surface area (Å²) >= 11 is 0. The third kappa shape index (κ3) is 2.54. The maximum absolute atomic E-state index is 12.4. The minimum Gasteiger partial charge on any atom is -0.329 e. The molecular formula is C19H15N3O4. The summed E-state index contributed by atoms with van der Waals surface area (Å²) in [5.41, 5.74) is 1.36. The lowest BCUT2D eigenvalue weighted by atomic mass is 10.1. The van der Waals surface area contributed by atoms with Crippen LogP contribution in [0.1, 0.15) is 27.6 Å². The molecule has 0 bridgehead atoms. The highest BCUT2D eigenvalue weighted by Gasteiger charge is 2.39. The number of hydroxylamine groups is 2. The Morgan fingerprint density at radius 2 is 1.65 bits per heavy atom. The number of benzene rings is 2. The zero-order chi connectivity index (χ0) is 18.3. The van der Waals surface area contributed by atoms with Gasteiger partial charge in [-0.05, 0) is 18.2 Å². The monoisotopic (exact) mass is 349 g/mol. The van der Waals surface area contributed by atoms with Crippen molar-refractivity contribution in [3.05, 3.63) is 65.9 Å². The minimum atomic E-state index is -0.668. The van der Waals surface area contributed by atoms with Gasteiger partial charge in [0.05, 0.1) is 35.3 Å². The van der Waals surface area contributed by atoms with Crippen molar-refractivity contribution in [2.24, 2.45) is 5.92 Å². The molecule has 0 radical (unpaired) electrons. The van der Waals surface area contributed by atoms with Gasteiger partial charge in [0.15, 0.2) is 0 Å². The number of nitrogens with zero attached hydrogens (tertiary/aromatic N) is 3. The highest BCUT2D eigenvalue weighted by atomic mass is 16.7. The third-order valence-corrected chi connectivity index (χ3v) is 4.34. The highest BCUT2D eigenvalue weighted by molar-refractivity contribution is 6.20. The topological polar surface area (TPSA) is 81.5 Å². The average molecular weight is 349 g/mol. The number of fused-ring (bicyclic) bond motifs is 2.